The predicted octanol–water partition coefficient (Wildman–Crippen LogP) is 1.26. The molecule has 5 heteroatoms. The van der Waals surface area contributed by atoms with Gasteiger partial charge >= 0.3 is 0 Å². The number of hydrogen-bond acceptors (Lipinski definition) is 5. The van der Waals surface area contributed by atoms with Crippen LogP contribution in [-0.4, -0.2) is 40.8 Å². The van der Waals surface area contributed by atoms with E-state index in [9.17, 15) is 5.11 Å². The standard InChI is InChI=1S/C13H20N4O/c18-8-10-2-1-5-17(7-10)13-6-12(14-9-15-13)16-11-3-4-11/h6,9-11,18H,1-5,7-8H2,(H,14,15,16)/t10-/m1/s1. The van der Waals surface area contributed by atoms with E-state index in [1.54, 1.807) is 6.33 Å². The van der Waals surface area contributed by atoms with E-state index >= 15 is 0 Å². The van der Waals surface area contributed by atoms with Crippen LogP contribution in [-0.2, 0) is 0 Å². The average molecular weight is 248 g/mol. The molecule has 2 N–H and O–H groups in total. The van der Waals surface area contributed by atoms with Crippen molar-refractivity contribution >= 4 is 11.6 Å². The first-order chi connectivity index (χ1) is 8.85. The molecule has 1 aliphatic carbocycles. The van der Waals surface area contributed by atoms with Gasteiger partial charge in [-0.05, 0) is 31.6 Å². The van der Waals surface area contributed by atoms with Crippen LogP contribution in [0.25, 0.3) is 0 Å². The van der Waals surface area contributed by atoms with Gasteiger partial charge in [-0.1, -0.05) is 0 Å². The van der Waals surface area contributed by atoms with E-state index in [2.05, 4.69) is 20.2 Å². The van der Waals surface area contributed by atoms with Crippen LogP contribution < -0.4 is 10.2 Å². The highest BCUT2D eigenvalue weighted by Crippen LogP contribution is 2.26. The molecule has 1 aromatic rings. The van der Waals surface area contributed by atoms with Crippen molar-refractivity contribution in [2.24, 2.45) is 5.92 Å². The summed E-state index contributed by atoms with van der Waals surface area (Å²) in [5.41, 5.74) is 0. The second kappa shape index (κ2) is 5.10. The minimum Gasteiger partial charge on any atom is -0.396 e. The summed E-state index contributed by atoms with van der Waals surface area (Å²) in [5, 5.41) is 12.7. The van der Waals surface area contributed by atoms with Gasteiger partial charge in [0.1, 0.15) is 18.0 Å². The molecule has 5 nitrogen and oxygen atoms in total. The number of nitrogens with zero attached hydrogens (tertiary/aromatic N) is 3. The number of rotatable bonds is 4. The normalized spacial score (nSPS) is 24.1. The van der Waals surface area contributed by atoms with Gasteiger partial charge in [0.15, 0.2) is 0 Å². The van der Waals surface area contributed by atoms with Gasteiger partial charge in [-0.2, -0.15) is 0 Å². The van der Waals surface area contributed by atoms with Crippen molar-refractivity contribution < 1.29 is 5.11 Å². The Morgan fingerprint density at radius 1 is 1.33 bits per heavy atom. The molecule has 2 fully saturated rings. The SMILES string of the molecule is OC[C@@H]1CCCN(c2cc(NC3CC3)ncn2)C1. The van der Waals surface area contributed by atoms with Crippen molar-refractivity contribution in [2.45, 2.75) is 31.7 Å². The van der Waals surface area contributed by atoms with Gasteiger partial charge in [0.05, 0.1) is 0 Å². The zero-order chi connectivity index (χ0) is 12.4. The molecule has 98 valence electrons. The second-order valence-electron chi connectivity index (χ2n) is 5.32. The monoisotopic (exact) mass is 248 g/mol. The predicted molar refractivity (Wildman–Crippen MR) is 70.7 cm³/mol. The van der Waals surface area contributed by atoms with Crippen LogP contribution >= 0.6 is 0 Å². The van der Waals surface area contributed by atoms with Crippen LogP contribution in [0.5, 0.6) is 0 Å². The fourth-order valence-corrected chi connectivity index (χ4v) is 2.46. The Morgan fingerprint density at radius 3 is 3.00 bits per heavy atom. The van der Waals surface area contributed by atoms with E-state index in [0.717, 1.165) is 37.6 Å². The fourth-order valence-electron chi connectivity index (χ4n) is 2.46. The van der Waals surface area contributed by atoms with Crippen LogP contribution in [0.15, 0.2) is 12.4 Å². The smallest absolute Gasteiger partial charge is 0.134 e. The molecule has 1 saturated heterocycles. The summed E-state index contributed by atoms with van der Waals surface area (Å²) in [6.07, 6.45) is 6.36. The van der Waals surface area contributed by atoms with Crippen molar-refractivity contribution in [1.29, 1.82) is 0 Å². The minimum absolute atomic E-state index is 0.273. The van der Waals surface area contributed by atoms with Crippen molar-refractivity contribution in [2.75, 3.05) is 29.9 Å². The van der Waals surface area contributed by atoms with E-state index in [4.69, 9.17) is 0 Å². The molecule has 0 radical (unpaired) electrons. The number of nitrogens with one attached hydrogen (secondary N) is 1. The molecule has 0 aromatic carbocycles. The molecule has 2 aliphatic rings. The maximum atomic E-state index is 9.27. The van der Waals surface area contributed by atoms with Gasteiger partial charge in [-0.25, -0.2) is 9.97 Å². The molecule has 1 saturated carbocycles. The number of hydrogen-bond donors (Lipinski definition) is 2. The first kappa shape index (κ1) is 11.7. The molecule has 0 unspecified atom stereocenters. The van der Waals surface area contributed by atoms with Crippen LogP contribution in [0, 0.1) is 5.92 Å². The third-order valence-electron chi connectivity index (χ3n) is 3.68. The number of aliphatic hydroxyl groups is 1. The zero-order valence-corrected chi connectivity index (χ0v) is 10.5. The Labute approximate surface area is 107 Å². The number of aromatic nitrogens is 2. The van der Waals surface area contributed by atoms with Gasteiger partial charge < -0.3 is 15.3 Å². The molecule has 2 heterocycles. The largest absolute Gasteiger partial charge is 0.396 e. The number of piperidine rings is 1. The van der Waals surface area contributed by atoms with E-state index in [0.29, 0.717) is 12.0 Å². The Kier molecular flexibility index (Phi) is 3.32. The lowest BCUT2D eigenvalue weighted by molar-refractivity contribution is 0.208. The van der Waals surface area contributed by atoms with Crippen LogP contribution in [0.4, 0.5) is 11.6 Å². The quantitative estimate of drug-likeness (QED) is 0.840. The van der Waals surface area contributed by atoms with Crippen molar-refractivity contribution in [3.63, 3.8) is 0 Å². The molecule has 0 bridgehead atoms. The topological polar surface area (TPSA) is 61.3 Å². The van der Waals surface area contributed by atoms with Crippen LogP contribution in [0.1, 0.15) is 25.7 Å². The Bertz CT molecular complexity index is 408. The lowest BCUT2D eigenvalue weighted by Crippen LogP contribution is -2.37. The highest BCUT2D eigenvalue weighted by atomic mass is 16.3. The maximum absolute atomic E-state index is 9.27. The summed E-state index contributed by atoms with van der Waals surface area (Å²) in [5.74, 6) is 2.29. The summed E-state index contributed by atoms with van der Waals surface area (Å²) in [4.78, 5) is 10.9. The molecular weight excluding hydrogens is 228 g/mol. The third kappa shape index (κ3) is 2.72. The summed E-state index contributed by atoms with van der Waals surface area (Å²) in [7, 11) is 0. The Morgan fingerprint density at radius 2 is 2.22 bits per heavy atom. The van der Waals surface area contributed by atoms with Gasteiger partial charge in [0.2, 0.25) is 0 Å². The third-order valence-corrected chi connectivity index (χ3v) is 3.68. The highest BCUT2D eigenvalue weighted by molar-refractivity contribution is 5.49. The maximum Gasteiger partial charge on any atom is 0.134 e. The summed E-state index contributed by atoms with van der Waals surface area (Å²) in [6, 6.07) is 2.64. The lowest BCUT2D eigenvalue weighted by atomic mass is 9.99. The first-order valence-corrected chi connectivity index (χ1v) is 6.79. The second-order valence-corrected chi connectivity index (χ2v) is 5.32. The van der Waals surface area contributed by atoms with E-state index in [-0.39, 0.29) is 6.61 Å². The van der Waals surface area contributed by atoms with Crippen LogP contribution in [0.2, 0.25) is 0 Å². The molecule has 18 heavy (non-hydrogen) atoms. The van der Waals surface area contributed by atoms with Crippen molar-refractivity contribution in [3.8, 4) is 0 Å². The number of aliphatic hydroxyl groups excluding tert-OH is 1. The molecule has 1 aromatic heterocycles. The molecule has 0 spiro atoms. The van der Waals surface area contributed by atoms with Gasteiger partial charge in [-0.3, -0.25) is 0 Å². The highest BCUT2D eigenvalue weighted by Gasteiger charge is 2.23. The molecule has 0 amide bonds. The summed E-state index contributed by atoms with van der Waals surface area (Å²) >= 11 is 0. The van der Waals surface area contributed by atoms with Crippen LogP contribution in [0.3, 0.4) is 0 Å². The summed E-state index contributed by atoms with van der Waals surface area (Å²) in [6.45, 7) is 2.20. The van der Waals surface area contributed by atoms with E-state index < -0.39 is 0 Å². The Balaban J connectivity index is 1.69. The number of anilines is 2. The molecule has 1 aliphatic heterocycles. The van der Waals surface area contributed by atoms with Gasteiger partial charge in [0, 0.05) is 31.8 Å². The minimum atomic E-state index is 0.273. The summed E-state index contributed by atoms with van der Waals surface area (Å²) < 4.78 is 0. The van der Waals surface area contributed by atoms with E-state index in [1.165, 1.54) is 12.8 Å². The van der Waals surface area contributed by atoms with Crippen molar-refractivity contribution in [3.05, 3.63) is 12.4 Å². The fraction of sp³-hybridized carbons (Fsp3) is 0.692. The Hall–Kier alpha value is -1.36. The molecule has 1 atom stereocenters. The van der Waals surface area contributed by atoms with Crippen molar-refractivity contribution in [1.82, 2.24) is 9.97 Å². The zero-order valence-electron chi connectivity index (χ0n) is 10.5. The first-order valence-electron chi connectivity index (χ1n) is 6.79. The molecule has 3 rings (SSSR count). The lowest BCUT2D eigenvalue weighted by Gasteiger charge is -2.32. The molecular formula is C13H20N4O. The van der Waals surface area contributed by atoms with E-state index in [1.807, 2.05) is 6.07 Å². The van der Waals surface area contributed by atoms with Gasteiger partial charge in [0.25, 0.3) is 0 Å². The van der Waals surface area contributed by atoms with Gasteiger partial charge in [-0.15, -0.1) is 0 Å². The average Bonchev–Trinajstić information content (AvgIpc) is 3.23.